The van der Waals surface area contributed by atoms with Crippen LogP contribution >= 0.6 is 0 Å². The van der Waals surface area contributed by atoms with E-state index in [0.717, 1.165) is 36.4 Å². The highest BCUT2D eigenvalue weighted by molar-refractivity contribution is 5.69. The molecular weight excluding hydrogens is 424 g/mol. The van der Waals surface area contributed by atoms with Crippen LogP contribution in [0.1, 0.15) is 36.5 Å². The number of nitrogens with one attached hydrogen (secondary N) is 2. The fourth-order valence-electron chi connectivity index (χ4n) is 4.12. The van der Waals surface area contributed by atoms with Gasteiger partial charge in [0.05, 0.1) is 6.54 Å². The highest BCUT2D eigenvalue weighted by atomic mass is 15.0. The first kappa shape index (κ1) is 25.8. The van der Waals surface area contributed by atoms with Crippen LogP contribution in [0, 0.1) is 12.8 Å². The number of allylic oxidation sites excluding steroid dienone is 3. The molecule has 0 bridgehead atoms. The van der Waals surface area contributed by atoms with Crippen LogP contribution in [0.25, 0.3) is 17.2 Å². The van der Waals surface area contributed by atoms with Crippen LogP contribution in [0.5, 0.6) is 0 Å². The fraction of sp³-hybridized carbons (Fsp3) is 0.212. The third kappa shape index (κ3) is 8.50. The zero-order valence-corrected chi connectivity index (χ0v) is 21.2. The number of aryl methyl sites for hydroxylation is 1. The Bertz CT molecular complexity index is 1160. The van der Waals surface area contributed by atoms with Crippen molar-refractivity contribution < 1.29 is 0 Å². The van der Waals surface area contributed by atoms with Crippen LogP contribution in [0.2, 0.25) is 0 Å². The lowest BCUT2D eigenvalue weighted by Crippen LogP contribution is -2.26. The molecule has 0 saturated heterocycles. The van der Waals surface area contributed by atoms with Gasteiger partial charge in [-0.3, -0.25) is 0 Å². The molecule has 3 rings (SSSR count). The molecule has 180 valence electrons. The lowest BCUT2D eigenvalue weighted by molar-refractivity contribution is 0.566. The molecule has 0 amide bonds. The normalized spacial score (nSPS) is 11.7. The van der Waals surface area contributed by atoms with Gasteiger partial charge < -0.3 is 10.6 Å². The molecule has 0 heterocycles. The van der Waals surface area contributed by atoms with Gasteiger partial charge in [-0.25, -0.2) is 0 Å². The van der Waals surface area contributed by atoms with Crippen LogP contribution in [-0.4, -0.2) is 6.54 Å². The second-order valence-electron chi connectivity index (χ2n) is 9.26. The van der Waals surface area contributed by atoms with E-state index in [1.54, 1.807) is 0 Å². The molecule has 0 fully saturated rings. The van der Waals surface area contributed by atoms with Crippen LogP contribution in [0.15, 0.2) is 122 Å². The zero-order valence-electron chi connectivity index (χ0n) is 21.2. The van der Waals surface area contributed by atoms with Crippen molar-refractivity contribution in [3.63, 3.8) is 0 Å². The van der Waals surface area contributed by atoms with E-state index in [1.165, 1.54) is 27.8 Å². The summed E-state index contributed by atoms with van der Waals surface area (Å²) < 4.78 is 0. The van der Waals surface area contributed by atoms with E-state index >= 15 is 0 Å². The van der Waals surface area contributed by atoms with Gasteiger partial charge in [-0.2, -0.15) is 0 Å². The first-order valence-electron chi connectivity index (χ1n) is 12.3. The van der Waals surface area contributed by atoms with Crippen molar-refractivity contribution in [1.29, 1.82) is 0 Å². The van der Waals surface area contributed by atoms with Crippen molar-refractivity contribution in [2.75, 3.05) is 6.54 Å². The van der Waals surface area contributed by atoms with Gasteiger partial charge in [0.1, 0.15) is 0 Å². The Hall–Kier alpha value is -3.78. The molecule has 0 spiro atoms. The minimum Gasteiger partial charge on any atom is -0.383 e. The van der Waals surface area contributed by atoms with E-state index in [2.05, 4.69) is 129 Å². The average molecular weight is 463 g/mol. The summed E-state index contributed by atoms with van der Waals surface area (Å²) in [5.41, 5.74) is 9.41. The molecule has 0 aliphatic rings. The molecule has 2 N–H and O–H groups in total. The van der Waals surface area contributed by atoms with Crippen LogP contribution in [0.4, 0.5) is 0 Å². The Morgan fingerprint density at radius 1 is 0.886 bits per heavy atom. The second kappa shape index (κ2) is 13.2. The smallest absolute Gasteiger partial charge is 0.0538 e. The van der Waals surface area contributed by atoms with E-state index in [1.807, 2.05) is 6.07 Å². The van der Waals surface area contributed by atoms with Gasteiger partial charge >= 0.3 is 0 Å². The van der Waals surface area contributed by atoms with Crippen molar-refractivity contribution >= 4 is 6.08 Å². The van der Waals surface area contributed by atoms with Crippen LogP contribution in [-0.2, 0) is 6.54 Å². The Labute approximate surface area is 211 Å². The lowest BCUT2D eigenvalue weighted by atomic mass is 9.93. The Morgan fingerprint density at radius 2 is 1.57 bits per heavy atom. The average Bonchev–Trinajstić information content (AvgIpc) is 2.86. The number of hydrogen-bond acceptors (Lipinski definition) is 2. The summed E-state index contributed by atoms with van der Waals surface area (Å²) in [5, 5.41) is 6.87. The van der Waals surface area contributed by atoms with E-state index in [0.29, 0.717) is 6.54 Å². The first-order chi connectivity index (χ1) is 16.9. The molecule has 0 aliphatic heterocycles. The van der Waals surface area contributed by atoms with E-state index in [9.17, 15) is 0 Å². The molecule has 0 aliphatic carbocycles. The molecule has 0 radical (unpaired) electrons. The predicted octanol–water partition coefficient (Wildman–Crippen LogP) is 8.05. The lowest BCUT2D eigenvalue weighted by Gasteiger charge is -2.21. The third-order valence-corrected chi connectivity index (χ3v) is 6.07. The van der Waals surface area contributed by atoms with Gasteiger partial charge in [-0.15, -0.1) is 6.58 Å². The summed E-state index contributed by atoms with van der Waals surface area (Å²) in [6.45, 7) is 18.3. The standard InChI is InChI=1S/C33H38N2/c1-25(2)21-32(28(5)35-23-27(4)34-24-30-13-8-6-9-14-30)18-12-15-29-19-20-33(26(3)22-29)31-16-10-7-11-17-31/h6-17,19-20,22,32,34-35H,1,4-5,18,21,23-24H2,2-3H3/b15-12+. The molecular formula is C33H38N2. The summed E-state index contributed by atoms with van der Waals surface area (Å²) in [7, 11) is 0. The highest BCUT2D eigenvalue weighted by Crippen LogP contribution is 2.25. The quantitative estimate of drug-likeness (QED) is 0.251. The summed E-state index contributed by atoms with van der Waals surface area (Å²) in [4.78, 5) is 0. The van der Waals surface area contributed by atoms with Gasteiger partial charge in [-0.05, 0) is 54.5 Å². The molecule has 3 aromatic carbocycles. The molecule has 1 unspecified atom stereocenters. The zero-order chi connectivity index (χ0) is 25.0. The summed E-state index contributed by atoms with van der Waals surface area (Å²) in [6.07, 6.45) is 6.27. The van der Waals surface area contributed by atoms with Crippen LogP contribution < -0.4 is 10.6 Å². The molecule has 3 aromatic rings. The predicted molar refractivity (Wildman–Crippen MR) is 153 cm³/mol. The van der Waals surface area contributed by atoms with Crippen LogP contribution in [0.3, 0.4) is 0 Å². The number of hydrogen-bond donors (Lipinski definition) is 2. The van der Waals surface area contributed by atoms with Crippen molar-refractivity contribution in [3.05, 3.63) is 138 Å². The van der Waals surface area contributed by atoms with Crippen molar-refractivity contribution in [2.24, 2.45) is 5.92 Å². The molecule has 2 nitrogen and oxygen atoms in total. The minimum absolute atomic E-state index is 0.287. The van der Waals surface area contributed by atoms with Gasteiger partial charge in [0, 0.05) is 23.9 Å². The van der Waals surface area contributed by atoms with Crippen molar-refractivity contribution in [1.82, 2.24) is 10.6 Å². The largest absolute Gasteiger partial charge is 0.383 e. The molecule has 0 saturated carbocycles. The van der Waals surface area contributed by atoms with Crippen molar-refractivity contribution in [2.45, 2.75) is 33.2 Å². The number of benzene rings is 3. The van der Waals surface area contributed by atoms with Gasteiger partial charge in [0.25, 0.3) is 0 Å². The molecule has 0 aromatic heterocycles. The van der Waals surface area contributed by atoms with Gasteiger partial charge in [0.2, 0.25) is 0 Å². The first-order valence-corrected chi connectivity index (χ1v) is 12.3. The number of rotatable bonds is 13. The Morgan fingerprint density at radius 3 is 2.23 bits per heavy atom. The van der Waals surface area contributed by atoms with Crippen molar-refractivity contribution in [3.8, 4) is 11.1 Å². The molecule has 1 atom stereocenters. The van der Waals surface area contributed by atoms with E-state index in [4.69, 9.17) is 0 Å². The summed E-state index contributed by atoms with van der Waals surface area (Å²) in [6, 6.07) is 27.5. The highest BCUT2D eigenvalue weighted by Gasteiger charge is 2.12. The Kier molecular flexibility index (Phi) is 9.74. The van der Waals surface area contributed by atoms with E-state index in [-0.39, 0.29) is 5.92 Å². The second-order valence-corrected chi connectivity index (χ2v) is 9.26. The topological polar surface area (TPSA) is 24.1 Å². The van der Waals surface area contributed by atoms with E-state index < -0.39 is 0 Å². The SMILES string of the molecule is C=C(C)CC(C/C=C/c1ccc(-c2ccccc2)c(C)c1)C(=C)NCC(=C)NCc1ccccc1. The Balaban J connectivity index is 1.54. The monoisotopic (exact) mass is 462 g/mol. The maximum atomic E-state index is 4.33. The third-order valence-electron chi connectivity index (χ3n) is 6.07. The molecule has 2 heteroatoms. The maximum absolute atomic E-state index is 4.33. The maximum Gasteiger partial charge on any atom is 0.0538 e. The minimum atomic E-state index is 0.287. The molecule has 35 heavy (non-hydrogen) atoms. The summed E-state index contributed by atoms with van der Waals surface area (Å²) >= 11 is 0. The van der Waals surface area contributed by atoms with Gasteiger partial charge in [-0.1, -0.05) is 110 Å². The fourth-order valence-corrected chi connectivity index (χ4v) is 4.12. The summed E-state index contributed by atoms with van der Waals surface area (Å²) in [5.74, 6) is 0.287. The van der Waals surface area contributed by atoms with Gasteiger partial charge in [0.15, 0.2) is 0 Å².